The molecule has 2 unspecified atom stereocenters. The van der Waals surface area contributed by atoms with E-state index in [-0.39, 0.29) is 16.3 Å². The Balaban J connectivity index is 3.15. The number of aliphatic carboxylic acids is 1. The average molecular weight is 301 g/mol. The number of rotatable bonds is 5. The van der Waals surface area contributed by atoms with Gasteiger partial charge in [-0.2, -0.15) is 4.98 Å². The molecule has 20 heavy (non-hydrogen) atoms. The summed E-state index contributed by atoms with van der Waals surface area (Å²) in [5.74, 6) is -2.07. The van der Waals surface area contributed by atoms with E-state index in [4.69, 9.17) is 5.11 Å². The number of hydrogen-bond donors (Lipinski definition) is 4. The number of aromatic nitrogens is 2. The van der Waals surface area contributed by atoms with Gasteiger partial charge in [-0.1, -0.05) is 0 Å². The highest BCUT2D eigenvalue weighted by molar-refractivity contribution is 7.98. The first kappa shape index (κ1) is 16.2. The minimum atomic E-state index is -1.44. The maximum Gasteiger partial charge on any atom is 0.346 e. The number of nitrogens with one attached hydrogen (secondary N) is 2. The second-order valence-electron chi connectivity index (χ2n) is 4.08. The van der Waals surface area contributed by atoms with E-state index in [0.717, 1.165) is 11.8 Å². The number of carbonyl (C=O) groups excluding carboxylic acids is 1. The summed E-state index contributed by atoms with van der Waals surface area (Å²) in [6.45, 7) is 2.77. The molecule has 0 bridgehead atoms. The maximum absolute atomic E-state index is 12.1. The Bertz CT molecular complexity index is 584. The summed E-state index contributed by atoms with van der Waals surface area (Å²) in [5.41, 5.74) is -0.223. The van der Waals surface area contributed by atoms with Gasteiger partial charge < -0.3 is 20.5 Å². The first-order valence-electron chi connectivity index (χ1n) is 5.64. The molecule has 8 nitrogen and oxygen atoms in total. The Labute approximate surface area is 118 Å². The van der Waals surface area contributed by atoms with Crippen LogP contribution >= 0.6 is 11.8 Å². The lowest BCUT2D eigenvalue weighted by Crippen LogP contribution is -2.48. The lowest BCUT2D eigenvalue weighted by molar-refractivity contribution is -0.141. The highest BCUT2D eigenvalue weighted by Gasteiger charge is 2.27. The third-order valence-corrected chi connectivity index (χ3v) is 3.22. The van der Waals surface area contributed by atoms with E-state index in [1.807, 2.05) is 0 Å². The minimum absolute atomic E-state index is 0.0870. The number of aromatic amines is 1. The standard InChI is InChI=1S/C11H15N3O5S/c1-4-6(9(20-3)14-11(19)12-4)8(16)13-7(5(2)15)10(17)18/h5,7,15H,1-3H3,(H,13,16)(H,17,18)(H,12,14,19). The Morgan fingerprint density at radius 2 is 2.05 bits per heavy atom. The van der Waals surface area contributed by atoms with Crippen molar-refractivity contribution in [2.75, 3.05) is 6.26 Å². The monoisotopic (exact) mass is 301 g/mol. The van der Waals surface area contributed by atoms with Crippen LogP contribution in [0.4, 0.5) is 0 Å². The van der Waals surface area contributed by atoms with Gasteiger partial charge in [0.1, 0.15) is 5.03 Å². The van der Waals surface area contributed by atoms with Gasteiger partial charge in [-0.15, -0.1) is 11.8 Å². The van der Waals surface area contributed by atoms with E-state index in [0.29, 0.717) is 0 Å². The molecule has 1 heterocycles. The Morgan fingerprint density at radius 1 is 1.45 bits per heavy atom. The number of H-pyrrole nitrogens is 1. The van der Waals surface area contributed by atoms with Crippen molar-refractivity contribution in [2.24, 2.45) is 0 Å². The van der Waals surface area contributed by atoms with Gasteiger partial charge in [0, 0.05) is 5.69 Å². The van der Waals surface area contributed by atoms with Gasteiger partial charge in [0.2, 0.25) is 0 Å². The molecule has 0 aliphatic rings. The summed E-state index contributed by atoms with van der Waals surface area (Å²) >= 11 is 1.09. The van der Waals surface area contributed by atoms with Crippen molar-refractivity contribution in [3.63, 3.8) is 0 Å². The second-order valence-corrected chi connectivity index (χ2v) is 4.88. The second kappa shape index (κ2) is 6.53. The molecule has 0 saturated heterocycles. The quantitative estimate of drug-likeness (QED) is 0.420. The van der Waals surface area contributed by atoms with Gasteiger partial charge in [0.25, 0.3) is 5.91 Å². The van der Waals surface area contributed by atoms with Crippen molar-refractivity contribution < 1.29 is 19.8 Å². The van der Waals surface area contributed by atoms with Crippen LogP contribution in [0.2, 0.25) is 0 Å². The maximum atomic E-state index is 12.1. The van der Waals surface area contributed by atoms with E-state index >= 15 is 0 Å². The van der Waals surface area contributed by atoms with Crippen LogP contribution in [0, 0.1) is 6.92 Å². The number of carbonyl (C=O) groups is 2. The van der Waals surface area contributed by atoms with Gasteiger partial charge in [-0.25, -0.2) is 9.59 Å². The molecule has 2 atom stereocenters. The molecule has 9 heteroatoms. The highest BCUT2D eigenvalue weighted by atomic mass is 32.2. The number of carboxylic acid groups (broad SMARTS) is 1. The number of nitrogens with zero attached hydrogens (tertiary/aromatic N) is 1. The molecule has 0 spiro atoms. The van der Waals surface area contributed by atoms with Crippen LogP contribution in [0.15, 0.2) is 9.82 Å². The normalized spacial score (nSPS) is 13.6. The predicted molar refractivity (Wildman–Crippen MR) is 71.9 cm³/mol. The van der Waals surface area contributed by atoms with E-state index in [1.54, 1.807) is 6.26 Å². The number of amides is 1. The lowest BCUT2D eigenvalue weighted by Gasteiger charge is -2.18. The molecule has 0 radical (unpaired) electrons. The van der Waals surface area contributed by atoms with Crippen molar-refractivity contribution in [3.8, 4) is 0 Å². The zero-order chi connectivity index (χ0) is 15.4. The van der Waals surface area contributed by atoms with Gasteiger partial charge >= 0.3 is 11.7 Å². The number of carboxylic acids is 1. The Hall–Kier alpha value is -1.87. The molecule has 1 amide bonds. The van der Waals surface area contributed by atoms with Crippen LogP contribution in [0.1, 0.15) is 23.0 Å². The molecule has 110 valence electrons. The summed E-state index contributed by atoms with van der Waals surface area (Å²) in [6, 6.07) is -1.44. The average Bonchev–Trinajstić information content (AvgIpc) is 2.33. The van der Waals surface area contributed by atoms with Crippen LogP contribution < -0.4 is 11.0 Å². The highest BCUT2D eigenvalue weighted by Crippen LogP contribution is 2.18. The van der Waals surface area contributed by atoms with E-state index in [9.17, 15) is 19.5 Å². The molecular weight excluding hydrogens is 286 g/mol. The van der Waals surface area contributed by atoms with Gasteiger partial charge in [-0.05, 0) is 20.1 Å². The van der Waals surface area contributed by atoms with Crippen molar-refractivity contribution >= 4 is 23.6 Å². The summed E-state index contributed by atoms with van der Waals surface area (Å²) in [5, 5.41) is 20.7. The van der Waals surface area contributed by atoms with Gasteiger partial charge in [0.05, 0.1) is 11.7 Å². The van der Waals surface area contributed by atoms with Gasteiger partial charge in [0.15, 0.2) is 6.04 Å². The van der Waals surface area contributed by atoms with Crippen LogP contribution in [0.3, 0.4) is 0 Å². The first-order valence-corrected chi connectivity index (χ1v) is 6.87. The lowest BCUT2D eigenvalue weighted by atomic mass is 10.1. The number of aliphatic hydroxyl groups is 1. The molecular formula is C11H15N3O5S. The Kier molecular flexibility index (Phi) is 5.28. The minimum Gasteiger partial charge on any atom is -0.480 e. The topological polar surface area (TPSA) is 132 Å². The number of aryl methyl sites for hydroxylation is 1. The number of thioether (sulfide) groups is 1. The molecule has 0 fully saturated rings. The molecule has 4 N–H and O–H groups in total. The smallest absolute Gasteiger partial charge is 0.346 e. The SMILES string of the molecule is CSc1nc(=O)[nH]c(C)c1C(=O)NC(C(=O)O)C(C)O. The first-order chi connectivity index (χ1) is 9.27. The fourth-order valence-electron chi connectivity index (χ4n) is 1.58. The van der Waals surface area contributed by atoms with Gasteiger partial charge in [-0.3, -0.25) is 4.79 Å². The fourth-order valence-corrected chi connectivity index (χ4v) is 2.20. The molecule has 0 aromatic carbocycles. The molecule has 0 aliphatic heterocycles. The largest absolute Gasteiger partial charge is 0.480 e. The van der Waals surface area contributed by atoms with Crippen LogP contribution in [0.25, 0.3) is 0 Å². The zero-order valence-corrected chi connectivity index (χ0v) is 11.9. The van der Waals surface area contributed by atoms with Crippen LogP contribution in [0.5, 0.6) is 0 Å². The van der Waals surface area contributed by atoms with Crippen molar-refractivity contribution in [1.82, 2.24) is 15.3 Å². The number of aliphatic hydroxyl groups excluding tert-OH is 1. The fraction of sp³-hybridized carbons (Fsp3) is 0.455. The summed E-state index contributed by atoms with van der Waals surface area (Å²) in [6.07, 6.45) is 0.381. The van der Waals surface area contributed by atoms with Crippen LogP contribution in [-0.4, -0.2) is 50.5 Å². The van der Waals surface area contributed by atoms with E-state index < -0.39 is 29.7 Å². The molecule has 0 aliphatic carbocycles. The summed E-state index contributed by atoms with van der Waals surface area (Å²) < 4.78 is 0. The molecule has 1 aromatic heterocycles. The molecule has 1 aromatic rings. The van der Waals surface area contributed by atoms with Crippen LogP contribution in [-0.2, 0) is 4.79 Å². The number of hydrogen-bond acceptors (Lipinski definition) is 6. The third kappa shape index (κ3) is 3.58. The zero-order valence-electron chi connectivity index (χ0n) is 11.1. The van der Waals surface area contributed by atoms with Crippen molar-refractivity contribution in [3.05, 3.63) is 21.7 Å². The Morgan fingerprint density at radius 3 is 2.50 bits per heavy atom. The van der Waals surface area contributed by atoms with E-state index in [1.165, 1.54) is 13.8 Å². The third-order valence-electron chi connectivity index (χ3n) is 2.54. The molecule has 1 rings (SSSR count). The van der Waals surface area contributed by atoms with Crippen molar-refractivity contribution in [1.29, 1.82) is 0 Å². The molecule has 0 saturated carbocycles. The van der Waals surface area contributed by atoms with Crippen molar-refractivity contribution in [2.45, 2.75) is 31.0 Å². The summed E-state index contributed by atoms with van der Waals surface area (Å²) in [4.78, 5) is 40.3. The van der Waals surface area contributed by atoms with E-state index in [2.05, 4.69) is 15.3 Å². The summed E-state index contributed by atoms with van der Waals surface area (Å²) in [7, 11) is 0. The predicted octanol–water partition coefficient (Wildman–Crippen LogP) is -0.636.